The summed E-state index contributed by atoms with van der Waals surface area (Å²) in [6, 6.07) is 7.54. The highest BCUT2D eigenvalue weighted by molar-refractivity contribution is 7.80. The van der Waals surface area contributed by atoms with Crippen molar-refractivity contribution in [2.75, 3.05) is 6.54 Å². The Morgan fingerprint density at radius 2 is 2.20 bits per heavy atom. The number of hydrogen-bond donors (Lipinski definition) is 2. The third-order valence-corrected chi connectivity index (χ3v) is 3.16. The van der Waals surface area contributed by atoms with Crippen LogP contribution in [0, 0.1) is 6.92 Å². The fourth-order valence-electron chi connectivity index (χ4n) is 1.88. The number of amides is 1. The molecule has 2 rings (SSSR count). The molecule has 1 aromatic carbocycles. The van der Waals surface area contributed by atoms with Gasteiger partial charge in [-0.15, -0.1) is 6.58 Å². The molecule has 0 unspecified atom stereocenters. The molecule has 0 radical (unpaired) electrons. The largest absolute Gasteiger partial charge is 0.451 e. The predicted octanol–water partition coefficient (Wildman–Crippen LogP) is 2.92. The van der Waals surface area contributed by atoms with Gasteiger partial charge in [0.2, 0.25) is 0 Å². The Morgan fingerprint density at radius 3 is 2.90 bits per heavy atom. The van der Waals surface area contributed by atoms with Crippen LogP contribution in [0.4, 0.5) is 0 Å². The first kappa shape index (κ1) is 14.3. The Labute approximate surface area is 122 Å². The molecule has 0 fully saturated rings. The van der Waals surface area contributed by atoms with Crippen LogP contribution in [0.1, 0.15) is 22.5 Å². The highest BCUT2D eigenvalue weighted by Gasteiger charge is 2.17. The summed E-state index contributed by atoms with van der Waals surface area (Å²) in [6.07, 6.45) is 2.56. The van der Waals surface area contributed by atoms with Crippen molar-refractivity contribution in [3.8, 4) is 0 Å². The van der Waals surface area contributed by atoms with Gasteiger partial charge < -0.3 is 9.73 Å². The summed E-state index contributed by atoms with van der Waals surface area (Å²) in [5, 5.41) is 6.76. The summed E-state index contributed by atoms with van der Waals surface area (Å²) in [4.78, 5) is 12.1. The first-order chi connectivity index (χ1) is 9.63. The Kier molecular flexibility index (Phi) is 4.53. The number of carbonyl (C=O) groups excluding carboxylic acids is 1. The van der Waals surface area contributed by atoms with Crippen molar-refractivity contribution in [2.24, 2.45) is 0 Å². The minimum atomic E-state index is -0.338. The summed E-state index contributed by atoms with van der Waals surface area (Å²) >= 11 is 5.05. The van der Waals surface area contributed by atoms with Gasteiger partial charge in [0, 0.05) is 17.5 Å². The molecule has 0 aliphatic rings. The van der Waals surface area contributed by atoms with E-state index in [1.807, 2.05) is 31.2 Å². The number of rotatable bonds is 4. The van der Waals surface area contributed by atoms with E-state index in [0.717, 1.165) is 17.4 Å². The van der Waals surface area contributed by atoms with E-state index < -0.39 is 0 Å². The van der Waals surface area contributed by atoms with Crippen LogP contribution in [-0.2, 0) is 0 Å². The van der Waals surface area contributed by atoms with Crippen molar-refractivity contribution in [2.45, 2.75) is 13.3 Å². The molecule has 1 aromatic heterocycles. The molecular formula is C15H16N2O2S. The summed E-state index contributed by atoms with van der Waals surface area (Å²) in [5.74, 6) is -0.0473. The molecule has 4 nitrogen and oxygen atoms in total. The van der Waals surface area contributed by atoms with E-state index in [1.165, 1.54) is 0 Å². The zero-order valence-corrected chi connectivity index (χ0v) is 12.0. The number of carbonyl (C=O) groups is 1. The molecule has 20 heavy (non-hydrogen) atoms. The van der Waals surface area contributed by atoms with Gasteiger partial charge in [-0.2, -0.15) is 0 Å². The molecular weight excluding hydrogens is 272 g/mol. The highest BCUT2D eigenvalue weighted by Crippen LogP contribution is 2.24. The van der Waals surface area contributed by atoms with Gasteiger partial charge in [-0.3, -0.25) is 10.1 Å². The summed E-state index contributed by atoms with van der Waals surface area (Å²) in [5.41, 5.74) is 1.51. The molecule has 0 spiro atoms. The molecule has 104 valence electrons. The fraction of sp³-hybridized carbons (Fsp3) is 0.200. The SMILES string of the molecule is C=CCCNC(=S)NC(=O)c1oc2ccccc2c1C. The standard InChI is InChI=1S/C15H16N2O2S/c1-3-4-9-16-15(20)17-14(18)13-10(2)11-7-5-6-8-12(11)19-13/h3,5-8H,1,4,9H2,2H3,(H2,16,17,18,20). The van der Waals surface area contributed by atoms with E-state index in [4.69, 9.17) is 16.6 Å². The molecule has 2 N–H and O–H groups in total. The van der Waals surface area contributed by atoms with Crippen molar-refractivity contribution in [1.29, 1.82) is 0 Å². The van der Waals surface area contributed by atoms with Gasteiger partial charge in [0.15, 0.2) is 10.9 Å². The second-order valence-electron chi connectivity index (χ2n) is 4.34. The fourth-order valence-corrected chi connectivity index (χ4v) is 2.08. The Morgan fingerprint density at radius 1 is 1.45 bits per heavy atom. The lowest BCUT2D eigenvalue weighted by atomic mass is 10.1. The number of hydrogen-bond acceptors (Lipinski definition) is 3. The van der Waals surface area contributed by atoms with Crippen molar-refractivity contribution >= 4 is 34.2 Å². The topological polar surface area (TPSA) is 54.3 Å². The number of benzene rings is 1. The van der Waals surface area contributed by atoms with Gasteiger partial charge in [0.25, 0.3) is 5.91 Å². The number of nitrogens with one attached hydrogen (secondary N) is 2. The highest BCUT2D eigenvalue weighted by atomic mass is 32.1. The number of thiocarbonyl (C=S) groups is 1. The lowest BCUT2D eigenvalue weighted by Gasteiger charge is -2.07. The van der Waals surface area contributed by atoms with Crippen LogP contribution in [0.15, 0.2) is 41.3 Å². The quantitative estimate of drug-likeness (QED) is 0.516. The van der Waals surface area contributed by atoms with E-state index in [2.05, 4.69) is 17.2 Å². The van der Waals surface area contributed by atoms with Gasteiger partial charge in [-0.05, 0) is 31.6 Å². The molecule has 0 bridgehead atoms. The zero-order chi connectivity index (χ0) is 14.5. The van der Waals surface area contributed by atoms with Crippen LogP contribution in [0.25, 0.3) is 11.0 Å². The lowest BCUT2D eigenvalue weighted by Crippen LogP contribution is -2.39. The predicted molar refractivity (Wildman–Crippen MR) is 83.8 cm³/mol. The first-order valence-corrected chi connectivity index (χ1v) is 6.72. The van der Waals surface area contributed by atoms with Crippen LogP contribution < -0.4 is 10.6 Å². The summed E-state index contributed by atoms with van der Waals surface area (Å²) < 4.78 is 5.57. The third-order valence-electron chi connectivity index (χ3n) is 2.91. The molecule has 0 atom stereocenters. The van der Waals surface area contributed by atoms with Crippen molar-refractivity contribution < 1.29 is 9.21 Å². The van der Waals surface area contributed by atoms with Gasteiger partial charge in [0.05, 0.1) is 0 Å². The Bertz CT molecular complexity index is 661. The molecule has 0 aliphatic carbocycles. The van der Waals surface area contributed by atoms with Crippen molar-refractivity contribution in [3.05, 3.63) is 48.2 Å². The second kappa shape index (κ2) is 6.34. The zero-order valence-electron chi connectivity index (χ0n) is 11.2. The number of aryl methyl sites for hydroxylation is 1. The monoisotopic (exact) mass is 288 g/mol. The molecule has 0 saturated carbocycles. The molecule has 0 aliphatic heterocycles. The van der Waals surface area contributed by atoms with E-state index in [1.54, 1.807) is 6.08 Å². The van der Waals surface area contributed by atoms with Gasteiger partial charge in [-0.1, -0.05) is 24.3 Å². The maximum atomic E-state index is 12.1. The second-order valence-corrected chi connectivity index (χ2v) is 4.75. The molecule has 1 amide bonds. The van der Waals surface area contributed by atoms with Gasteiger partial charge in [0.1, 0.15) is 5.58 Å². The lowest BCUT2D eigenvalue weighted by molar-refractivity contribution is 0.0951. The van der Waals surface area contributed by atoms with E-state index in [9.17, 15) is 4.79 Å². The Balaban J connectivity index is 2.09. The van der Waals surface area contributed by atoms with Gasteiger partial charge in [-0.25, -0.2) is 0 Å². The smallest absolute Gasteiger partial charge is 0.293 e. The van der Waals surface area contributed by atoms with Crippen LogP contribution in [0.3, 0.4) is 0 Å². The summed E-state index contributed by atoms with van der Waals surface area (Å²) in [7, 11) is 0. The number of para-hydroxylation sites is 1. The average Bonchev–Trinajstić information content (AvgIpc) is 2.77. The van der Waals surface area contributed by atoms with Crippen molar-refractivity contribution in [1.82, 2.24) is 10.6 Å². The number of fused-ring (bicyclic) bond motifs is 1. The maximum Gasteiger partial charge on any atom is 0.293 e. The minimum Gasteiger partial charge on any atom is -0.451 e. The van der Waals surface area contributed by atoms with Crippen molar-refractivity contribution in [3.63, 3.8) is 0 Å². The third kappa shape index (κ3) is 3.05. The van der Waals surface area contributed by atoms with Crippen LogP contribution >= 0.6 is 12.2 Å². The molecule has 2 aromatic rings. The van der Waals surface area contributed by atoms with E-state index >= 15 is 0 Å². The normalized spacial score (nSPS) is 10.2. The minimum absolute atomic E-state index is 0.289. The molecule has 5 heteroatoms. The summed E-state index contributed by atoms with van der Waals surface area (Å²) in [6.45, 7) is 6.11. The van der Waals surface area contributed by atoms with Gasteiger partial charge >= 0.3 is 0 Å². The van der Waals surface area contributed by atoms with E-state index in [0.29, 0.717) is 17.9 Å². The Hall–Kier alpha value is -2.14. The molecule has 1 heterocycles. The molecule has 0 saturated heterocycles. The van der Waals surface area contributed by atoms with Crippen LogP contribution in [-0.4, -0.2) is 17.6 Å². The van der Waals surface area contributed by atoms with Crippen LogP contribution in [0.2, 0.25) is 0 Å². The van der Waals surface area contributed by atoms with E-state index in [-0.39, 0.29) is 11.0 Å². The van der Waals surface area contributed by atoms with Crippen LogP contribution in [0.5, 0.6) is 0 Å². The number of furan rings is 1. The first-order valence-electron chi connectivity index (χ1n) is 6.31. The maximum absolute atomic E-state index is 12.1. The average molecular weight is 288 g/mol.